The molecule has 0 bridgehead atoms. The maximum absolute atomic E-state index is 13.9. The largest absolute Gasteiger partial charge is 0.497 e. The summed E-state index contributed by atoms with van der Waals surface area (Å²) in [5.74, 6) is 0.296. The van der Waals surface area contributed by atoms with Crippen molar-refractivity contribution in [2.24, 2.45) is 5.73 Å². The van der Waals surface area contributed by atoms with Crippen LogP contribution in [-0.4, -0.2) is 7.11 Å². The Kier molecular flexibility index (Phi) is 3.15. The van der Waals surface area contributed by atoms with E-state index in [4.69, 9.17) is 10.5 Å². The lowest BCUT2D eigenvalue weighted by molar-refractivity contribution is 0.292. The molecule has 1 saturated carbocycles. The molecule has 0 unspecified atom stereocenters. The number of hydrogen-bond donors (Lipinski definition) is 1. The van der Waals surface area contributed by atoms with Crippen molar-refractivity contribution in [3.05, 3.63) is 29.6 Å². The highest BCUT2D eigenvalue weighted by Crippen LogP contribution is 2.36. The summed E-state index contributed by atoms with van der Waals surface area (Å²) in [5, 5.41) is 0. The summed E-state index contributed by atoms with van der Waals surface area (Å²) in [6, 6.07) is 4.96. The van der Waals surface area contributed by atoms with Crippen molar-refractivity contribution in [3.8, 4) is 5.75 Å². The molecule has 0 aromatic heterocycles. The second kappa shape index (κ2) is 4.42. The van der Waals surface area contributed by atoms with Gasteiger partial charge in [0.1, 0.15) is 11.6 Å². The van der Waals surface area contributed by atoms with Crippen LogP contribution in [0.15, 0.2) is 18.2 Å². The highest BCUT2D eigenvalue weighted by molar-refractivity contribution is 5.33. The van der Waals surface area contributed by atoms with Crippen LogP contribution < -0.4 is 10.5 Å². The standard InChI is InChI=1S/C13H18FNO/c1-16-10-5-6-11(12(14)9-10)13(15)7-3-2-4-8-13/h5-6,9H,2-4,7-8,15H2,1H3. The minimum atomic E-state index is -0.478. The van der Waals surface area contributed by atoms with Crippen molar-refractivity contribution in [2.45, 2.75) is 37.6 Å². The molecule has 88 valence electrons. The van der Waals surface area contributed by atoms with Gasteiger partial charge in [-0.3, -0.25) is 0 Å². The third-order valence-corrected chi connectivity index (χ3v) is 3.46. The Morgan fingerprint density at radius 3 is 2.50 bits per heavy atom. The molecular formula is C13H18FNO. The topological polar surface area (TPSA) is 35.2 Å². The average Bonchev–Trinajstić information content (AvgIpc) is 2.29. The number of rotatable bonds is 2. The first kappa shape index (κ1) is 11.4. The van der Waals surface area contributed by atoms with Crippen molar-refractivity contribution >= 4 is 0 Å². The minimum Gasteiger partial charge on any atom is -0.497 e. The van der Waals surface area contributed by atoms with Gasteiger partial charge in [0.15, 0.2) is 0 Å². The van der Waals surface area contributed by atoms with Crippen molar-refractivity contribution in [3.63, 3.8) is 0 Å². The average molecular weight is 223 g/mol. The summed E-state index contributed by atoms with van der Waals surface area (Å²) in [6.45, 7) is 0. The van der Waals surface area contributed by atoms with Crippen LogP contribution in [0.2, 0.25) is 0 Å². The lowest BCUT2D eigenvalue weighted by Gasteiger charge is -2.34. The number of nitrogens with two attached hydrogens (primary N) is 1. The molecule has 0 heterocycles. The summed E-state index contributed by atoms with van der Waals surface area (Å²) in [5.41, 5.74) is 6.45. The van der Waals surface area contributed by atoms with Crippen LogP contribution in [0.5, 0.6) is 5.75 Å². The van der Waals surface area contributed by atoms with Crippen LogP contribution in [-0.2, 0) is 5.54 Å². The van der Waals surface area contributed by atoms with Gasteiger partial charge in [-0.2, -0.15) is 0 Å². The first-order valence-corrected chi connectivity index (χ1v) is 5.79. The predicted molar refractivity (Wildman–Crippen MR) is 61.9 cm³/mol. The Labute approximate surface area is 95.6 Å². The Morgan fingerprint density at radius 1 is 1.25 bits per heavy atom. The van der Waals surface area contributed by atoms with Crippen molar-refractivity contribution in [1.82, 2.24) is 0 Å². The molecule has 16 heavy (non-hydrogen) atoms. The molecule has 0 atom stereocenters. The zero-order valence-corrected chi connectivity index (χ0v) is 9.63. The van der Waals surface area contributed by atoms with Gasteiger partial charge in [-0.25, -0.2) is 4.39 Å². The first-order valence-electron chi connectivity index (χ1n) is 5.79. The van der Waals surface area contributed by atoms with E-state index in [9.17, 15) is 4.39 Å². The van der Waals surface area contributed by atoms with Gasteiger partial charge in [0.2, 0.25) is 0 Å². The van der Waals surface area contributed by atoms with Gasteiger partial charge in [-0.15, -0.1) is 0 Å². The maximum Gasteiger partial charge on any atom is 0.131 e. The van der Waals surface area contributed by atoms with Crippen LogP contribution >= 0.6 is 0 Å². The fourth-order valence-corrected chi connectivity index (χ4v) is 2.48. The lowest BCUT2D eigenvalue weighted by Crippen LogP contribution is -2.39. The summed E-state index contributed by atoms with van der Waals surface area (Å²) < 4.78 is 18.9. The Balaban J connectivity index is 2.32. The van der Waals surface area contributed by atoms with Crippen molar-refractivity contribution in [1.29, 1.82) is 0 Å². The van der Waals surface area contributed by atoms with Crippen LogP contribution in [0.4, 0.5) is 4.39 Å². The molecule has 2 rings (SSSR count). The van der Waals surface area contributed by atoms with Crippen LogP contribution in [0.1, 0.15) is 37.7 Å². The molecule has 0 amide bonds. The Bertz CT molecular complexity index is 372. The fraction of sp³-hybridized carbons (Fsp3) is 0.538. The van der Waals surface area contributed by atoms with Crippen LogP contribution in [0.25, 0.3) is 0 Å². The number of benzene rings is 1. The molecular weight excluding hydrogens is 205 g/mol. The Hall–Kier alpha value is -1.09. The highest BCUT2D eigenvalue weighted by Gasteiger charge is 2.31. The molecule has 0 radical (unpaired) electrons. The second-order valence-electron chi connectivity index (χ2n) is 4.56. The maximum atomic E-state index is 13.9. The lowest BCUT2D eigenvalue weighted by atomic mass is 9.77. The summed E-state index contributed by atoms with van der Waals surface area (Å²) in [6.07, 6.45) is 5.12. The SMILES string of the molecule is COc1ccc(C2(N)CCCCC2)c(F)c1. The van der Waals surface area contributed by atoms with Gasteiger partial charge in [-0.1, -0.05) is 25.3 Å². The van der Waals surface area contributed by atoms with E-state index >= 15 is 0 Å². The van der Waals surface area contributed by atoms with Gasteiger partial charge in [0.25, 0.3) is 0 Å². The third-order valence-electron chi connectivity index (χ3n) is 3.46. The van der Waals surface area contributed by atoms with Gasteiger partial charge in [0.05, 0.1) is 7.11 Å². The molecule has 2 nitrogen and oxygen atoms in total. The zero-order valence-electron chi connectivity index (χ0n) is 9.63. The molecule has 3 heteroatoms. The summed E-state index contributed by atoms with van der Waals surface area (Å²) in [7, 11) is 1.53. The molecule has 2 N–H and O–H groups in total. The highest BCUT2D eigenvalue weighted by atomic mass is 19.1. The van der Waals surface area contributed by atoms with E-state index in [2.05, 4.69) is 0 Å². The van der Waals surface area contributed by atoms with E-state index < -0.39 is 5.54 Å². The monoisotopic (exact) mass is 223 g/mol. The Morgan fingerprint density at radius 2 is 1.94 bits per heavy atom. The van der Waals surface area contributed by atoms with Gasteiger partial charge in [-0.05, 0) is 18.9 Å². The fourth-order valence-electron chi connectivity index (χ4n) is 2.48. The molecule has 1 aliphatic rings. The first-order chi connectivity index (χ1) is 7.65. The summed E-state index contributed by atoms with van der Waals surface area (Å²) in [4.78, 5) is 0. The van der Waals surface area contributed by atoms with E-state index in [1.165, 1.54) is 19.6 Å². The second-order valence-corrected chi connectivity index (χ2v) is 4.56. The van der Waals surface area contributed by atoms with E-state index in [-0.39, 0.29) is 5.82 Å². The smallest absolute Gasteiger partial charge is 0.131 e. The molecule has 1 fully saturated rings. The zero-order chi connectivity index (χ0) is 11.6. The summed E-state index contributed by atoms with van der Waals surface area (Å²) >= 11 is 0. The molecule has 0 spiro atoms. The third kappa shape index (κ3) is 2.05. The van der Waals surface area contributed by atoms with E-state index in [0.717, 1.165) is 25.7 Å². The van der Waals surface area contributed by atoms with Crippen molar-refractivity contribution < 1.29 is 9.13 Å². The van der Waals surface area contributed by atoms with E-state index in [0.29, 0.717) is 11.3 Å². The molecule has 0 saturated heterocycles. The van der Waals surface area contributed by atoms with Gasteiger partial charge in [0, 0.05) is 17.2 Å². The van der Waals surface area contributed by atoms with Gasteiger partial charge >= 0.3 is 0 Å². The minimum absolute atomic E-state index is 0.247. The number of ether oxygens (including phenoxy) is 1. The number of methoxy groups -OCH3 is 1. The van der Waals surface area contributed by atoms with Crippen LogP contribution in [0.3, 0.4) is 0 Å². The number of hydrogen-bond acceptors (Lipinski definition) is 2. The molecule has 1 aromatic carbocycles. The van der Waals surface area contributed by atoms with Gasteiger partial charge < -0.3 is 10.5 Å². The van der Waals surface area contributed by atoms with E-state index in [1.54, 1.807) is 12.1 Å². The van der Waals surface area contributed by atoms with Crippen molar-refractivity contribution in [2.75, 3.05) is 7.11 Å². The molecule has 1 aliphatic carbocycles. The quantitative estimate of drug-likeness (QED) is 0.836. The molecule has 0 aliphatic heterocycles. The normalized spacial score (nSPS) is 19.4. The van der Waals surface area contributed by atoms with E-state index in [1.807, 2.05) is 0 Å². The van der Waals surface area contributed by atoms with Crippen LogP contribution in [0, 0.1) is 5.82 Å². The predicted octanol–water partition coefficient (Wildman–Crippen LogP) is 2.95. The number of halogens is 1. The molecule has 1 aromatic rings.